The maximum atomic E-state index is 12.0. The normalized spacial score (nSPS) is 11.6. The summed E-state index contributed by atoms with van der Waals surface area (Å²) in [5, 5.41) is 5.52. The number of aryl methyl sites for hydroxylation is 1. The third kappa shape index (κ3) is 4.93. The van der Waals surface area contributed by atoms with E-state index in [9.17, 15) is 9.59 Å². The monoisotopic (exact) mass is 374 g/mol. The first kappa shape index (κ1) is 17.2. The molecule has 2 amide bonds. The van der Waals surface area contributed by atoms with Gasteiger partial charge in [0.1, 0.15) is 0 Å². The van der Waals surface area contributed by atoms with Gasteiger partial charge in [-0.3, -0.25) is 9.59 Å². The van der Waals surface area contributed by atoms with Crippen molar-refractivity contribution in [1.29, 1.82) is 0 Å². The number of hydrogen-bond acceptors (Lipinski definition) is 2. The van der Waals surface area contributed by atoms with Crippen molar-refractivity contribution in [3.05, 3.63) is 69.7 Å². The molecular weight excluding hydrogens is 356 g/mol. The summed E-state index contributed by atoms with van der Waals surface area (Å²) in [6, 6.07) is 14.8. The number of carbonyl (C=O) groups excluding carboxylic acids is 2. The first-order valence-corrected chi connectivity index (χ1v) is 8.15. The Morgan fingerprint density at radius 2 is 1.87 bits per heavy atom. The van der Waals surface area contributed by atoms with Gasteiger partial charge in [0.15, 0.2) is 0 Å². The molecule has 1 unspecified atom stereocenters. The number of nitrogens with one attached hydrogen (secondary N) is 2. The van der Waals surface area contributed by atoms with Crippen molar-refractivity contribution in [2.24, 2.45) is 0 Å². The molecular formula is C18H19BrN2O2. The Bertz CT molecular complexity index is 716. The lowest BCUT2D eigenvalue weighted by molar-refractivity contribution is -0.120. The lowest BCUT2D eigenvalue weighted by atomic mass is 10.0. The summed E-state index contributed by atoms with van der Waals surface area (Å²) in [7, 11) is 0. The van der Waals surface area contributed by atoms with Gasteiger partial charge >= 0.3 is 0 Å². The second-order valence-electron chi connectivity index (χ2n) is 5.34. The summed E-state index contributed by atoms with van der Waals surface area (Å²) in [5.74, 6) is -0.492. The molecule has 1 atom stereocenters. The summed E-state index contributed by atoms with van der Waals surface area (Å²) in [6.45, 7) is 3.88. The Morgan fingerprint density at radius 3 is 2.57 bits per heavy atom. The topological polar surface area (TPSA) is 58.2 Å². The summed E-state index contributed by atoms with van der Waals surface area (Å²) >= 11 is 3.32. The highest BCUT2D eigenvalue weighted by molar-refractivity contribution is 9.10. The van der Waals surface area contributed by atoms with Crippen LogP contribution in [0, 0.1) is 6.92 Å². The van der Waals surface area contributed by atoms with Gasteiger partial charge in [0.2, 0.25) is 5.91 Å². The van der Waals surface area contributed by atoms with Gasteiger partial charge in [0.05, 0.1) is 12.6 Å². The molecule has 5 heteroatoms. The lowest BCUT2D eigenvalue weighted by Crippen LogP contribution is -2.38. The molecule has 0 saturated heterocycles. The first-order valence-electron chi connectivity index (χ1n) is 7.36. The minimum atomic E-state index is -0.273. The largest absolute Gasteiger partial charge is 0.348 e. The van der Waals surface area contributed by atoms with Crippen LogP contribution in [-0.4, -0.2) is 18.4 Å². The number of amides is 2. The van der Waals surface area contributed by atoms with Crippen molar-refractivity contribution in [3.8, 4) is 0 Å². The van der Waals surface area contributed by atoms with E-state index in [-0.39, 0.29) is 24.4 Å². The molecule has 0 radical (unpaired) electrons. The van der Waals surface area contributed by atoms with E-state index in [1.165, 1.54) is 0 Å². The van der Waals surface area contributed by atoms with Crippen molar-refractivity contribution < 1.29 is 9.59 Å². The van der Waals surface area contributed by atoms with Crippen molar-refractivity contribution in [2.75, 3.05) is 6.54 Å². The van der Waals surface area contributed by atoms with E-state index < -0.39 is 0 Å². The highest BCUT2D eigenvalue weighted by atomic mass is 79.9. The van der Waals surface area contributed by atoms with Crippen LogP contribution in [0.25, 0.3) is 0 Å². The Hall–Kier alpha value is -2.14. The van der Waals surface area contributed by atoms with Crippen LogP contribution in [0.4, 0.5) is 0 Å². The van der Waals surface area contributed by atoms with Crippen LogP contribution in [-0.2, 0) is 4.79 Å². The third-order valence-electron chi connectivity index (χ3n) is 3.53. The highest BCUT2D eigenvalue weighted by Gasteiger charge is 2.13. The van der Waals surface area contributed by atoms with Crippen LogP contribution in [0.1, 0.15) is 34.5 Å². The van der Waals surface area contributed by atoms with Gasteiger partial charge in [-0.2, -0.15) is 0 Å². The third-order valence-corrected chi connectivity index (χ3v) is 4.02. The zero-order valence-electron chi connectivity index (χ0n) is 13.1. The van der Waals surface area contributed by atoms with Gasteiger partial charge in [0.25, 0.3) is 5.91 Å². The zero-order chi connectivity index (χ0) is 16.8. The second-order valence-corrected chi connectivity index (χ2v) is 6.25. The standard InChI is InChI=1S/C18H19BrN2O2/c1-12-6-3-4-9-16(12)13(2)21-17(22)11-20-18(23)14-7-5-8-15(19)10-14/h3-10,13H,11H2,1-2H3,(H,20,23)(H,21,22). The Morgan fingerprint density at radius 1 is 1.13 bits per heavy atom. The Balaban J connectivity index is 1.88. The van der Waals surface area contributed by atoms with Crippen molar-refractivity contribution in [3.63, 3.8) is 0 Å². The summed E-state index contributed by atoms with van der Waals surface area (Å²) in [4.78, 5) is 24.0. The van der Waals surface area contributed by atoms with E-state index in [0.29, 0.717) is 5.56 Å². The molecule has 0 aliphatic rings. The molecule has 0 saturated carbocycles. The van der Waals surface area contributed by atoms with Crippen LogP contribution in [0.3, 0.4) is 0 Å². The quantitative estimate of drug-likeness (QED) is 0.842. The van der Waals surface area contributed by atoms with E-state index >= 15 is 0 Å². The van der Waals surface area contributed by atoms with Crippen molar-refractivity contribution in [2.45, 2.75) is 19.9 Å². The van der Waals surface area contributed by atoms with Crippen LogP contribution >= 0.6 is 15.9 Å². The zero-order valence-corrected chi connectivity index (χ0v) is 14.7. The minimum Gasteiger partial charge on any atom is -0.348 e. The molecule has 2 N–H and O–H groups in total. The summed E-state index contributed by atoms with van der Waals surface area (Å²) in [6.07, 6.45) is 0. The summed E-state index contributed by atoms with van der Waals surface area (Å²) < 4.78 is 0.822. The summed E-state index contributed by atoms with van der Waals surface area (Å²) in [5.41, 5.74) is 2.71. The van der Waals surface area contributed by atoms with Crippen LogP contribution in [0.2, 0.25) is 0 Å². The average molecular weight is 375 g/mol. The van der Waals surface area contributed by atoms with Gasteiger partial charge in [0, 0.05) is 10.0 Å². The molecule has 23 heavy (non-hydrogen) atoms. The maximum absolute atomic E-state index is 12.0. The Kier molecular flexibility index (Phi) is 5.93. The predicted molar refractivity (Wildman–Crippen MR) is 94.2 cm³/mol. The van der Waals surface area contributed by atoms with E-state index in [2.05, 4.69) is 26.6 Å². The molecule has 0 aliphatic carbocycles. The highest BCUT2D eigenvalue weighted by Crippen LogP contribution is 2.16. The predicted octanol–water partition coefficient (Wildman–Crippen LogP) is 3.36. The molecule has 2 aromatic carbocycles. The Labute approximate surface area is 144 Å². The molecule has 0 fully saturated rings. The molecule has 4 nitrogen and oxygen atoms in total. The molecule has 120 valence electrons. The smallest absolute Gasteiger partial charge is 0.251 e. The molecule has 0 spiro atoms. The van der Waals surface area contributed by atoms with Crippen LogP contribution in [0.5, 0.6) is 0 Å². The van der Waals surface area contributed by atoms with E-state index in [4.69, 9.17) is 0 Å². The molecule has 2 aromatic rings. The van der Waals surface area contributed by atoms with Gasteiger partial charge in [-0.1, -0.05) is 46.3 Å². The fourth-order valence-corrected chi connectivity index (χ4v) is 2.73. The number of halogens is 1. The fraction of sp³-hybridized carbons (Fsp3) is 0.222. The van der Waals surface area contributed by atoms with E-state index in [1.807, 2.05) is 44.2 Å². The molecule has 0 aliphatic heterocycles. The number of carbonyl (C=O) groups is 2. The van der Waals surface area contributed by atoms with Gasteiger partial charge < -0.3 is 10.6 Å². The van der Waals surface area contributed by atoms with E-state index in [0.717, 1.165) is 15.6 Å². The van der Waals surface area contributed by atoms with Crippen molar-refractivity contribution >= 4 is 27.7 Å². The number of rotatable bonds is 5. The molecule has 2 rings (SSSR count). The molecule has 0 heterocycles. The van der Waals surface area contributed by atoms with Gasteiger partial charge in [-0.15, -0.1) is 0 Å². The number of hydrogen-bond donors (Lipinski definition) is 2. The minimum absolute atomic E-state index is 0.0540. The maximum Gasteiger partial charge on any atom is 0.251 e. The molecule has 0 aromatic heterocycles. The van der Waals surface area contributed by atoms with Crippen LogP contribution in [0.15, 0.2) is 53.0 Å². The number of benzene rings is 2. The molecule has 0 bridgehead atoms. The fourth-order valence-electron chi connectivity index (χ4n) is 2.34. The van der Waals surface area contributed by atoms with Crippen molar-refractivity contribution in [1.82, 2.24) is 10.6 Å². The van der Waals surface area contributed by atoms with E-state index in [1.54, 1.807) is 18.2 Å². The van der Waals surface area contributed by atoms with Crippen LogP contribution < -0.4 is 10.6 Å². The lowest BCUT2D eigenvalue weighted by Gasteiger charge is -2.16. The van der Waals surface area contributed by atoms with Gasteiger partial charge in [-0.05, 0) is 43.2 Å². The SMILES string of the molecule is Cc1ccccc1C(C)NC(=O)CNC(=O)c1cccc(Br)c1. The first-order chi connectivity index (χ1) is 11.0. The second kappa shape index (κ2) is 7.92. The average Bonchev–Trinajstić information content (AvgIpc) is 2.53. The van der Waals surface area contributed by atoms with Gasteiger partial charge in [-0.25, -0.2) is 0 Å².